The summed E-state index contributed by atoms with van der Waals surface area (Å²) in [6.07, 6.45) is 1.69. The van der Waals surface area contributed by atoms with Gasteiger partial charge in [-0.1, -0.05) is 30.3 Å². The van der Waals surface area contributed by atoms with Crippen molar-refractivity contribution in [2.75, 3.05) is 0 Å². The number of nitrogens with zero attached hydrogens (tertiary/aromatic N) is 1. The average molecular weight is 271 g/mol. The third kappa shape index (κ3) is 4.51. The van der Waals surface area contributed by atoms with Crippen molar-refractivity contribution < 1.29 is 42.5 Å². The smallest absolute Gasteiger partial charge is 0.748 e. The molecule has 0 unspecified atom stereocenters. The largest absolute Gasteiger partial charge is 1.00 e. The van der Waals surface area contributed by atoms with Crippen molar-refractivity contribution >= 4 is 10.1 Å². The Morgan fingerprint density at radius 1 is 1.06 bits per heavy atom. The van der Waals surface area contributed by atoms with Crippen molar-refractivity contribution in [1.29, 1.82) is 0 Å². The van der Waals surface area contributed by atoms with Crippen molar-refractivity contribution in [3.8, 4) is 11.3 Å². The zero-order valence-corrected chi connectivity index (χ0v) is 12.7. The number of pyridine rings is 1. The van der Waals surface area contributed by atoms with Gasteiger partial charge in [-0.05, 0) is 17.7 Å². The summed E-state index contributed by atoms with van der Waals surface area (Å²) in [6, 6.07) is 12.3. The fourth-order valence-electron chi connectivity index (χ4n) is 1.51. The minimum absolute atomic E-state index is 0. The van der Waals surface area contributed by atoms with Gasteiger partial charge in [0.1, 0.15) is 0 Å². The molecule has 6 heteroatoms. The van der Waals surface area contributed by atoms with Crippen LogP contribution in [0.2, 0.25) is 0 Å². The summed E-state index contributed by atoms with van der Waals surface area (Å²) in [6.45, 7) is 0. The molecular formula is C12H10NNaO3S. The van der Waals surface area contributed by atoms with Crippen LogP contribution in [0.3, 0.4) is 0 Å². The SMILES string of the molecule is O=S(=O)([O-])Cc1ccc(-c2ccccn2)cc1.[Na+]. The normalized spacial score (nSPS) is 10.7. The molecule has 2 aromatic rings. The first-order valence-corrected chi connectivity index (χ1v) is 6.56. The fraction of sp³-hybridized carbons (Fsp3) is 0.0833. The Balaban J connectivity index is 0.00000162. The summed E-state index contributed by atoms with van der Waals surface area (Å²) in [7, 11) is -4.22. The van der Waals surface area contributed by atoms with Crippen LogP contribution in [0.15, 0.2) is 48.7 Å². The summed E-state index contributed by atoms with van der Waals surface area (Å²) in [5.74, 6) is -0.477. The first-order chi connectivity index (χ1) is 8.04. The van der Waals surface area contributed by atoms with Gasteiger partial charge >= 0.3 is 29.6 Å². The number of aromatic nitrogens is 1. The van der Waals surface area contributed by atoms with Gasteiger partial charge in [-0.3, -0.25) is 4.98 Å². The topological polar surface area (TPSA) is 70.1 Å². The van der Waals surface area contributed by atoms with E-state index in [1.165, 1.54) is 0 Å². The van der Waals surface area contributed by atoms with Gasteiger partial charge in [0.05, 0.1) is 21.6 Å². The molecule has 0 spiro atoms. The van der Waals surface area contributed by atoms with Crippen LogP contribution < -0.4 is 29.6 Å². The summed E-state index contributed by atoms with van der Waals surface area (Å²) in [4.78, 5) is 4.17. The molecular weight excluding hydrogens is 261 g/mol. The quantitative estimate of drug-likeness (QED) is 0.519. The van der Waals surface area contributed by atoms with Gasteiger partial charge in [-0.2, -0.15) is 0 Å². The Morgan fingerprint density at radius 3 is 2.22 bits per heavy atom. The summed E-state index contributed by atoms with van der Waals surface area (Å²) >= 11 is 0. The van der Waals surface area contributed by atoms with E-state index in [1.54, 1.807) is 30.5 Å². The second-order valence-electron chi connectivity index (χ2n) is 3.61. The van der Waals surface area contributed by atoms with Crippen LogP contribution in [-0.2, 0) is 15.9 Å². The fourth-order valence-corrected chi connectivity index (χ4v) is 2.11. The standard InChI is InChI=1S/C12H11NO3S.Na/c14-17(15,16)9-10-4-6-11(7-5-10)12-3-1-2-8-13-12;/h1-8H,9H2,(H,14,15,16);/q;+1/p-1. The van der Waals surface area contributed by atoms with Crippen LogP contribution in [0, 0.1) is 0 Å². The van der Waals surface area contributed by atoms with E-state index in [9.17, 15) is 13.0 Å². The Labute approximate surface area is 128 Å². The molecule has 0 atom stereocenters. The minimum atomic E-state index is -4.22. The molecule has 0 amide bonds. The van der Waals surface area contributed by atoms with E-state index in [1.807, 2.05) is 18.2 Å². The molecule has 4 nitrogen and oxygen atoms in total. The van der Waals surface area contributed by atoms with Crippen molar-refractivity contribution in [2.24, 2.45) is 0 Å². The molecule has 18 heavy (non-hydrogen) atoms. The van der Waals surface area contributed by atoms with E-state index in [0.29, 0.717) is 5.56 Å². The van der Waals surface area contributed by atoms with E-state index in [2.05, 4.69) is 4.98 Å². The molecule has 1 aromatic carbocycles. The Kier molecular flexibility index (Phi) is 5.49. The second-order valence-corrected chi connectivity index (χ2v) is 5.02. The monoisotopic (exact) mass is 271 g/mol. The van der Waals surface area contributed by atoms with Crippen molar-refractivity contribution in [1.82, 2.24) is 4.98 Å². The molecule has 0 bridgehead atoms. The van der Waals surface area contributed by atoms with Gasteiger partial charge in [0.15, 0.2) is 0 Å². The first kappa shape index (κ1) is 15.3. The predicted octanol–water partition coefficient (Wildman–Crippen LogP) is -1.20. The molecule has 1 aromatic heterocycles. The summed E-state index contributed by atoms with van der Waals surface area (Å²) in [5, 5.41) is 0. The van der Waals surface area contributed by atoms with E-state index in [-0.39, 0.29) is 29.6 Å². The van der Waals surface area contributed by atoms with E-state index < -0.39 is 15.9 Å². The number of benzene rings is 1. The molecule has 0 radical (unpaired) electrons. The molecule has 2 rings (SSSR count). The van der Waals surface area contributed by atoms with Crippen molar-refractivity contribution in [2.45, 2.75) is 5.75 Å². The van der Waals surface area contributed by atoms with Crippen molar-refractivity contribution in [3.05, 3.63) is 54.2 Å². The van der Waals surface area contributed by atoms with Crippen LogP contribution in [0.5, 0.6) is 0 Å². The van der Waals surface area contributed by atoms with Crippen LogP contribution in [0.1, 0.15) is 5.56 Å². The second kappa shape index (κ2) is 6.45. The van der Waals surface area contributed by atoms with E-state index >= 15 is 0 Å². The maximum Gasteiger partial charge on any atom is 1.00 e. The average Bonchev–Trinajstić information content (AvgIpc) is 2.29. The van der Waals surface area contributed by atoms with Gasteiger partial charge in [-0.15, -0.1) is 0 Å². The maximum atomic E-state index is 10.6. The molecule has 0 saturated carbocycles. The van der Waals surface area contributed by atoms with Crippen LogP contribution in [0.25, 0.3) is 11.3 Å². The Morgan fingerprint density at radius 2 is 1.72 bits per heavy atom. The zero-order chi connectivity index (χ0) is 12.3. The molecule has 1 heterocycles. The number of hydrogen-bond acceptors (Lipinski definition) is 4. The molecule has 0 fully saturated rings. The third-order valence-electron chi connectivity index (χ3n) is 2.26. The van der Waals surface area contributed by atoms with Gasteiger partial charge < -0.3 is 4.55 Å². The third-order valence-corrected chi connectivity index (χ3v) is 2.94. The zero-order valence-electron chi connectivity index (χ0n) is 9.91. The van der Waals surface area contributed by atoms with Gasteiger partial charge in [0.25, 0.3) is 0 Å². The van der Waals surface area contributed by atoms with Crippen molar-refractivity contribution in [3.63, 3.8) is 0 Å². The Bertz CT molecular complexity index is 597. The summed E-state index contributed by atoms with van der Waals surface area (Å²) < 4.78 is 31.8. The maximum absolute atomic E-state index is 10.6. The Hall–Kier alpha value is -0.720. The molecule has 88 valence electrons. The van der Waals surface area contributed by atoms with Crippen LogP contribution in [-0.4, -0.2) is 18.0 Å². The number of hydrogen-bond donors (Lipinski definition) is 0. The van der Waals surface area contributed by atoms with E-state index in [0.717, 1.165) is 11.3 Å². The van der Waals surface area contributed by atoms with Gasteiger partial charge in [-0.25, -0.2) is 8.42 Å². The minimum Gasteiger partial charge on any atom is -0.748 e. The van der Waals surface area contributed by atoms with Crippen LogP contribution >= 0.6 is 0 Å². The van der Waals surface area contributed by atoms with Crippen LogP contribution in [0.4, 0.5) is 0 Å². The summed E-state index contributed by atoms with van der Waals surface area (Å²) in [5.41, 5.74) is 2.18. The van der Waals surface area contributed by atoms with Gasteiger partial charge in [0, 0.05) is 11.8 Å². The number of rotatable bonds is 3. The molecule has 0 aliphatic carbocycles. The van der Waals surface area contributed by atoms with Gasteiger partial charge in [0.2, 0.25) is 0 Å². The molecule has 0 aliphatic rings. The van der Waals surface area contributed by atoms with E-state index in [4.69, 9.17) is 0 Å². The molecule has 0 aliphatic heterocycles. The first-order valence-electron chi connectivity index (χ1n) is 4.98. The molecule has 0 saturated heterocycles. The predicted molar refractivity (Wildman–Crippen MR) is 63.1 cm³/mol. The molecule has 0 N–H and O–H groups in total.